The van der Waals surface area contributed by atoms with Crippen LogP contribution in [0.25, 0.3) is 0 Å². The third-order valence-electron chi connectivity index (χ3n) is 4.59. The van der Waals surface area contributed by atoms with Gasteiger partial charge in [0.05, 0.1) is 0 Å². The van der Waals surface area contributed by atoms with Crippen LogP contribution in [0.2, 0.25) is 5.02 Å². The van der Waals surface area contributed by atoms with Crippen LogP contribution in [-0.4, -0.2) is 34.9 Å². The first kappa shape index (κ1) is 20.3. The normalized spacial score (nSPS) is 14.1. The van der Waals surface area contributed by atoms with Crippen molar-refractivity contribution < 1.29 is 9.59 Å². The molecule has 28 heavy (non-hydrogen) atoms. The first-order valence-corrected chi connectivity index (χ1v) is 10.1. The van der Waals surface area contributed by atoms with Crippen LogP contribution >= 0.6 is 23.8 Å². The summed E-state index contributed by atoms with van der Waals surface area (Å²) in [6.45, 7) is 1.60. The number of halogens is 1. The van der Waals surface area contributed by atoms with Crippen LogP contribution in [-0.2, 0) is 0 Å². The molecular formula is C21H22ClN3O2S. The van der Waals surface area contributed by atoms with Gasteiger partial charge in [-0.3, -0.25) is 14.9 Å². The maximum absolute atomic E-state index is 12.8. The maximum atomic E-state index is 12.8. The lowest BCUT2D eigenvalue weighted by Gasteiger charge is -2.20. The van der Waals surface area contributed by atoms with Crippen molar-refractivity contribution in [2.24, 2.45) is 0 Å². The van der Waals surface area contributed by atoms with Gasteiger partial charge in [0.2, 0.25) is 0 Å². The number of hydrogen-bond donors (Lipinski definition) is 2. The van der Waals surface area contributed by atoms with E-state index in [0.717, 1.165) is 25.9 Å². The van der Waals surface area contributed by atoms with Gasteiger partial charge >= 0.3 is 0 Å². The number of hydrogen-bond acceptors (Lipinski definition) is 3. The minimum atomic E-state index is -0.328. The largest absolute Gasteiger partial charge is 0.339 e. The van der Waals surface area contributed by atoms with E-state index in [1.807, 2.05) is 4.90 Å². The van der Waals surface area contributed by atoms with Crippen LogP contribution in [0, 0.1) is 0 Å². The number of carbonyl (C=O) groups is 2. The van der Waals surface area contributed by atoms with Gasteiger partial charge in [0.25, 0.3) is 11.8 Å². The zero-order valence-corrected chi connectivity index (χ0v) is 17.0. The van der Waals surface area contributed by atoms with Gasteiger partial charge in [0.1, 0.15) is 0 Å². The van der Waals surface area contributed by atoms with Gasteiger partial charge in [0, 0.05) is 34.9 Å². The molecule has 0 saturated carbocycles. The third kappa shape index (κ3) is 5.53. The average Bonchev–Trinajstić information content (AvgIpc) is 2.97. The summed E-state index contributed by atoms with van der Waals surface area (Å²) in [5.41, 5.74) is 1.72. The zero-order valence-electron chi connectivity index (χ0n) is 15.4. The van der Waals surface area contributed by atoms with Gasteiger partial charge in [0.15, 0.2) is 5.11 Å². The number of likely N-dealkylation sites (tertiary alicyclic amines) is 1. The second-order valence-corrected chi connectivity index (χ2v) is 7.55. The molecule has 0 radical (unpaired) electrons. The van der Waals surface area contributed by atoms with Crippen molar-refractivity contribution in [3.05, 3.63) is 64.7 Å². The highest BCUT2D eigenvalue weighted by molar-refractivity contribution is 7.80. The Morgan fingerprint density at radius 3 is 2.29 bits per heavy atom. The van der Waals surface area contributed by atoms with Gasteiger partial charge in [-0.1, -0.05) is 30.5 Å². The average molecular weight is 416 g/mol. The molecule has 2 aromatic rings. The van der Waals surface area contributed by atoms with Crippen molar-refractivity contribution in [1.29, 1.82) is 0 Å². The molecule has 1 aliphatic rings. The van der Waals surface area contributed by atoms with Gasteiger partial charge in [-0.25, -0.2) is 0 Å². The summed E-state index contributed by atoms with van der Waals surface area (Å²) in [6, 6.07) is 13.7. The van der Waals surface area contributed by atoms with Crippen LogP contribution < -0.4 is 10.6 Å². The molecule has 1 aliphatic heterocycles. The highest BCUT2D eigenvalue weighted by Crippen LogP contribution is 2.16. The second-order valence-electron chi connectivity index (χ2n) is 6.70. The topological polar surface area (TPSA) is 61.4 Å². The lowest BCUT2D eigenvalue weighted by Crippen LogP contribution is -2.34. The first-order chi connectivity index (χ1) is 13.5. The number of nitrogens with one attached hydrogen (secondary N) is 2. The van der Waals surface area contributed by atoms with E-state index in [1.54, 1.807) is 48.5 Å². The number of carbonyl (C=O) groups excluding carboxylic acids is 2. The predicted octanol–water partition coefficient (Wildman–Crippen LogP) is 4.48. The fourth-order valence-electron chi connectivity index (χ4n) is 3.13. The number of anilines is 1. The van der Waals surface area contributed by atoms with Crippen molar-refractivity contribution in [3.63, 3.8) is 0 Å². The SMILES string of the molecule is O=C(NC(=S)Nc1cccc(C(=O)N2CCCCCC2)c1)c1ccc(Cl)cc1. The van der Waals surface area contributed by atoms with Crippen LogP contribution in [0.15, 0.2) is 48.5 Å². The molecule has 0 atom stereocenters. The van der Waals surface area contributed by atoms with E-state index in [1.165, 1.54) is 12.8 Å². The number of rotatable bonds is 3. The molecule has 0 bridgehead atoms. The Labute approximate surface area is 175 Å². The van der Waals surface area contributed by atoms with Crippen molar-refractivity contribution >= 4 is 46.4 Å². The van der Waals surface area contributed by atoms with Crippen LogP contribution in [0.4, 0.5) is 5.69 Å². The van der Waals surface area contributed by atoms with Crippen molar-refractivity contribution in [1.82, 2.24) is 10.2 Å². The third-order valence-corrected chi connectivity index (χ3v) is 5.05. The molecular weight excluding hydrogens is 394 g/mol. The molecule has 0 aromatic heterocycles. The summed E-state index contributed by atoms with van der Waals surface area (Å²) in [7, 11) is 0. The smallest absolute Gasteiger partial charge is 0.257 e. The maximum Gasteiger partial charge on any atom is 0.257 e. The van der Waals surface area contributed by atoms with E-state index < -0.39 is 0 Å². The van der Waals surface area contributed by atoms with E-state index in [9.17, 15) is 9.59 Å². The van der Waals surface area contributed by atoms with Crippen LogP contribution in [0.5, 0.6) is 0 Å². The Morgan fingerprint density at radius 2 is 1.61 bits per heavy atom. The van der Waals surface area contributed by atoms with Gasteiger partial charge in [-0.15, -0.1) is 0 Å². The molecule has 0 spiro atoms. The first-order valence-electron chi connectivity index (χ1n) is 9.30. The van der Waals surface area contributed by atoms with E-state index in [0.29, 0.717) is 21.8 Å². The molecule has 1 fully saturated rings. The second kappa shape index (κ2) is 9.66. The Morgan fingerprint density at radius 1 is 0.929 bits per heavy atom. The summed E-state index contributed by atoms with van der Waals surface area (Å²) in [5, 5.41) is 6.32. The molecule has 5 nitrogen and oxygen atoms in total. The quantitative estimate of drug-likeness (QED) is 0.725. The fraction of sp³-hybridized carbons (Fsp3) is 0.286. The molecule has 2 N–H and O–H groups in total. The van der Waals surface area contributed by atoms with E-state index in [2.05, 4.69) is 10.6 Å². The van der Waals surface area contributed by atoms with Gasteiger partial charge in [-0.05, 0) is 67.5 Å². The lowest BCUT2D eigenvalue weighted by molar-refractivity contribution is 0.0761. The minimum Gasteiger partial charge on any atom is -0.339 e. The van der Waals surface area contributed by atoms with Crippen molar-refractivity contribution in [3.8, 4) is 0 Å². The molecule has 0 aliphatic carbocycles. The van der Waals surface area contributed by atoms with Crippen molar-refractivity contribution in [2.45, 2.75) is 25.7 Å². The summed E-state index contributed by atoms with van der Waals surface area (Å²) < 4.78 is 0. The monoisotopic (exact) mass is 415 g/mol. The molecule has 146 valence electrons. The van der Waals surface area contributed by atoms with Gasteiger partial charge < -0.3 is 10.2 Å². The lowest BCUT2D eigenvalue weighted by atomic mass is 10.1. The summed E-state index contributed by atoms with van der Waals surface area (Å²) in [6.07, 6.45) is 4.44. The number of amides is 2. The Kier molecular flexibility index (Phi) is 7.01. The van der Waals surface area contributed by atoms with E-state index >= 15 is 0 Å². The summed E-state index contributed by atoms with van der Waals surface area (Å²) >= 11 is 11.1. The molecule has 2 amide bonds. The fourth-order valence-corrected chi connectivity index (χ4v) is 3.46. The van der Waals surface area contributed by atoms with Crippen molar-refractivity contribution in [2.75, 3.05) is 18.4 Å². The Balaban J connectivity index is 1.61. The molecule has 1 heterocycles. The minimum absolute atomic E-state index is 0.0293. The standard InChI is InChI=1S/C21H22ClN3O2S/c22-17-10-8-15(9-11-17)19(26)24-21(28)23-18-7-5-6-16(14-18)20(27)25-12-3-1-2-4-13-25/h5-11,14H,1-4,12-13H2,(H2,23,24,26,28). The molecule has 3 rings (SSSR count). The number of thiocarbonyl (C=S) groups is 1. The van der Waals surface area contributed by atoms with E-state index in [-0.39, 0.29) is 16.9 Å². The predicted molar refractivity (Wildman–Crippen MR) is 116 cm³/mol. The zero-order chi connectivity index (χ0) is 19.9. The molecule has 7 heteroatoms. The van der Waals surface area contributed by atoms with Crippen LogP contribution in [0.3, 0.4) is 0 Å². The number of nitrogens with zero attached hydrogens (tertiary/aromatic N) is 1. The molecule has 1 saturated heterocycles. The van der Waals surface area contributed by atoms with Gasteiger partial charge in [-0.2, -0.15) is 0 Å². The Hall–Kier alpha value is -2.44. The summed E-state index contributed by atoms with van der Waals surface area (Å²) in [5.74, 6) is -0.298. The summed E-state index contributed by atoms with van der Waals surface area (Å²) in [4.78, 5) is 26.9. The highest BCUT2D eigenvalue weighted by atomic mass is 35.5. The van der Waals surface area contributed by atoms with Crippen LogP contribution in [0.1, 0.15) is 46.4 Å². The molecule has 0 unspecified atom stereocenters. The molecule has 2 aromatic carbocycles. The Bertz CT molecular complexity index is 862. The highest BCUT2D eigenvalue weighted by Gasteiger charge is 2.17. The van der Waals surface area contributed by atoms with E-state index in [4.69, 9.17) is 23.8 Å². The number of benzene rings is 2.